The van der Waals surface area contributed by atoms with Crippen LogP contribution in [0.4, 0.5) is 0 Å². The molecule has 0 unspecified atom stereocenters. The third kappa shape index (κ3) is 2.09. The fourth-order valence-electron chi connectivity index (χ4n) is 2.88. The van der Waals surface area contributed by atoms with Gasteiger partial charge in [-0.25, -0.2) is 4.98 Å². The Bertz CT molecular complexity index is 1050. The van der Waals surface area contributed by atoms with Crippen LogP contribution in [0.3, 0.4) is 0 Å². The summed E-state index contributed by atoms with van der Waals surface area (Å²) < 4.78 is 1.96. The highest BCUT2D eigenvalue weighted by Gasteiger charge is 2.20. The van der Waals surface area contributed by atoms with Crippen molar-refractivity contribution in [1.29, 1.82) is 0 Å². The summed E-state index contributed by atoms with van der Waals surface area (Å²) in [6.45, 7) is 3.93. The van der Waals surface area contributed by atoms with E-state index in [9.17, 15) is 4.79 Å². The molecule has 0 saturated carbocycles. The Hall–Kier alpha value is -3.08. The van der Waals surface area contributed by atoms with Crippen LogP contribution in [-0.2, 0) is 0 Å². The van der Waals surface area contributed by atoms with Crippen molar-refractivity contribution in [3.63, 3.8) is 0 Å². The van der Waals surface area contributed by atoms with Gasteiger partial charge in [-0.15, -0.1) is 0 Å². The molecule has 0 bridgehead atoms. The Morgan fingerprint density at radius 2 is 1.78 bits per heavy atom. The van der Waals surface area contributed by atoms with Gasteiger partial charge in [-0.3, -0.25) is 14.3 Å². The number of nitrogens with one attached hydrogen (secondary N) is 2. The van der Waals surface area contributed by atoms with Crippen LogP contribution in [0.15, 0.2) is 53.5 Å². The summed E-state index contributed by atoms with van der Waals surface area (Å²) in [7, 11) is 0. The molecule has 4 aromatic rings. The summed E-state index contributed by atoms with van der Waals surface area (Å²) in [4.78, 5) is 17.0. The molecule has 5 nitrogen and oxygen atoms in total. The monoisotopic (exact) mass is 304 g/mol. The second-order valence-corrected chi connectivity index (χ2v) is 5.68. The second kappa shape index (κ2) is 4.98. The molecule has 0 atom stereocenters. The van der Waals surface area contributed by atoms with Gasteiger partial charge < -0.3 is 5.10 Å². The van der Waals surface area contributed by atoms with Crippen LogP contribution < -0.4 is 5.56 Å². The normalized spacial score (nSPS) is 11.2. The third-order valence-corrected chi connectivity index (χ3v) is 4.06. The lowest BCUT2D eigenvalue weighted by Gasteiger charge is -2.04. The molecule has 0 aliphatic rings. The summed E-state index contributed by atoms with van der Waals surface area (Å²) >= 11 is 0. The topological polar surface area (TPSA) is 66.0 Å². The zero-order chi connectivity index (χ0) is 16.0. The SMILES string of the molecule is Cc1ccc(-c2nc3ccccn3c2-c2c(C)[nH][nH]c2=O)cc1. The van der Waals surface area contributed by atoms with E-state index in [0.717, 1.165) is 28.3 Å². The number of fused-ring (bicyclic) bond motifs is 1. The van der Waals surface area contributed by atoms with E-state index in [2.05, 4.69) is 29.3 Å². The van der Waals surface area contributed by atoms with Crippen molar-refractivity contribution < 1.29 is 0 Å². The molecule has 4 rings (SSSR count). The number of hydrogen-bond acceptors (Lipinski definition) is 2. The number of rotatable bonds is 2. The zero-order valence-corrected chi connectivity index (χ0v) is 12.9. The van der Waals surface area contributed by atoms with Gasteiger partial charge in [0.15, 0.2) is 0 Å². The number of aromatic nitrogens is 4. The first kappa shape index (κ1) is 13.6. The number of H-pyrrole nitrogens is 2. The summed E-state index contributed by atoms with van der Waals surface area (Å²) in [5, 5.41) is 5.56. The molecule has 0 amide bonds. The van der Waals surface area contributed by atoms with E-state index in [4.69, 9.17) is 4.98 Å². The number of pyridine rings is 1. The van der Waals surface area contributed by atoms with E-state index >= 15 is 0 Å². The molecule has 0 radical (unpaired) electrons. The third-order valence-electron chi connectivity index (χ3n) is 4.06. The molecule has 3 heterocycles. The summed E-state index contributed by atoms with van der Waals surface area (Å²) in [5.74, 6) is 0. The molecule has 0 aliphatic heterocycles. The van der Waals surface area contributed by atoms with E-state index in [0.29, 0.717) is 5.56 Å². The lowest BCUT2D eigenvalue weighted by Crippen LogP contribution is -2.04. The van der Waals surface area contributed by atoms with Gasteiger partial charge in [0.05, 0.1) is 17.0 Å². The van der Waals surface area contributed by atoms with E-state index in [-0.39, 0.29) is 5.56 Å². The number of hydrogen-bond donors (Lipinski definition) is 2. The van der Waals surface area contributed by atoms with Crippen LogP contribution in [0, 0.1) is 13.8 Å². The van der Waals surface area contributed by atoms with Crippen LogP contribution in [0.5, 0.6) is 0 Å². The molecule has 0 aliphatic carbocycles. The second-order valence-electron chi connectivity index (χ2n) is 5.68. The van der Waals surface area contributed by atoms with Gasteiger partial charge in [0, 0.05) is 17.5 Å². The predicted molar refractivity (Wildman–Crippen MR) is 90.5 cm³/mol. The van der Waals surface area contributed by atoms with Crippen molar-refractivity contribution in [3.05, 3.63) is 70.3 Å². The van der Waals surface area contributed by atoms with Crippen molar-refractivity contribution in [2.24, 2.45) is 0 Å². The van der Waals surface area contributed by atoms with E-state index in [1.54, 1.807) is 0 Å². The highest BCUT2D eigenvalue weighted by atomic mass is 16.1. The first-order valence-corrected chi connectivity index (χ1v) is 7.47. The van der Waals surface area contributed by atoms with Crippen LogP contribution in [-0.4, -0.2) is 19.6 Å². The van der Waals surface area contributed by atoms with Gasteiger partial charge in [0.25, 0.3) is 5.56 Å². The standard InChI is InChI=1S/C18H16N4O/c1-11-6-8-13(9-7-11)16-17(15-12(2)20-21-18(15)23)22-10-4-3-5-14(22)19-16/h3-10H,1-2H3,(H2,20,21,23). The highest BCUT2D eigenvalue weighted by molar-refractivity contribution is 5.82. The van der Waals surface area contributed by atoms with Gasteiger partial charge in [0.2, 0.25) is 0 Å². The molecule has 0 spiro atoms. The van der Waals surface area contributed by atoms with Crippen molar-refractivity contribution in [3.8, 4) is 22.5 Å². The molecule has 0 fully saturated rings. The van der Waals surface area contributed by atoms with Gasteiger partial charge in [-0.2, -0.15) is 0 Å². The van der Waals surface area contributed by atoms with Gasteiger partial charge in [0.1, 0.15) is 5.65 Å². The fourth-order valence-corrected chi connectivity index (χ4v) is 2.88. The largest absolute Gasteiger partial charge is 0.302 e. The average molecular weight is 304 g/mol. The molecular weight excluding hydrogens is 288 g/mol. The molecule has 23 heavy (non-hydrogen) atoms. The van der Waals surface area contributed by atoms with Gasteiger partial charge in [-0.1, -0.05) is 35.9 Å². The maximum Gasteiger partial charge on any atom is 0.273 e. The minimum atomic E-state index is -0.137. The van der Waals surface area contributed by atoms with Crippen LogP contribution in [0.25, 0.3) is 28.2 Å². The Morgan fingerprint density at radius 3 is 2.48 bits per heavy atom. The number of aromatic amines is 2. The quantitative estimate of drug-likeness (QED) is 0.596. The first-order valence-electron chi connectivity index (χ1n) is 7.47. The Morgan fingerprint density at radius 1 is 1.00 bits per heavy atom. The van der Waals surface area contributed by atoms with Crippen molar-refractivity contribution >= 4 is 5.65 Å². The fraction of sp³-hybridized carbons (Fsp3) is 0.111. The van der Waals surface area contributed by atoms with E-state index < -0.39 is 0 Å². The molecule has 0 saturated heterocycles. The van der Waals surface area contributed by atoms with Gasteiger partial charge >= 0.3 is 0 Å². The summed E-state index contributed by atoms with van der Waals surface area (Å²) in [6, 6.07) is 14.0. The minimum Gasteiger partial charge on any atom is -0.302 e. The summed E-state index contributed by atoms with van der Waals surface area (Å²) in [6.07, 6.45) is 1.93. The Balaban J connectivity index is 2.10. The van der Waals surface area contributed by atoms with Crippen LogP contribution in [0.1, 0.15) is 11.3 Å². The molecular formula is C18H16N4O. The lowest BCUT2D eigenvalue weighted by molar-refractivity contribution is 1.02. The first-order chi connectivity index (χ1) is 11.1. The van der Waals surface area contributed by atoms with Crippen LogP contribution >= 0.6 is 0 Å². The van der Waals surface area contributed by atoms with Crippen LogP contribution in [0.2, 0.25) is 0 Å². The molecule has 1 aromatic carbocycles. The molecule has 5 heteroatoms. The Kier molecular flexibility index (Phi) is 2.94. The molecule has 2 N–H and O–H groups in total. The minimum absolute atomic E-state index is 0.137. The van der Waals surface area contributed by atoms with Crippen molar-refractivity contribution in [2.75, 3.05) is 0 Å². The van der Waals surface area contributed by atoms with Crippen molar-refractivity contribution in [2.45, 2.75) is 13.8 Å². The highest BCUT2D eigenvalue weighted by Crippen LogP contribution is 2.32. The van der Waals surface area contributed by atoms with E-state index in [1.807, 2.05) is 47.9 Å². The van der Waals surface area contributed by atoms with Gasteiger partial charge in [-0.05, 0) is 26.0 Å². The number of nitrogens with zero attached hydrogens (tertiary/aromatic N) is 2. The molecule has 114 valence electrons. The zero-order valence-electron chi connectivity index (χ0n) is 12.9. The summed E-state index contributed by atoms with van der Waals surface area (Å²) in [5.41, 5.74) is 5.91. The maximum atomic E-state index is 12.3. The van der Waals surface area contributed by atoms with E-state index in [1.165, 1.54) is 5.56 Å². The average Bonchev–Trinajstić information content (AvgIpc) is 3.08. The lowest BCUT2D eigenvalue weighted by atomic mass is 10.0. The van der Waals surface area contributed by atoms with Crippen molar-refractivity contribution in [1.82, 2.24) is 19.6 Å². The Labute approximate surface area is 132 Å². The number of aryl methyl sites for hydroxylation is 2. The molecule has 3 aromatic heterocycles. The predicted octanol–water partition coefficient (Wildman–Crippen LogP) is 3.30. The number of benzene rings is 1. The maximum absolute atomic E-state index is 12.3. The number of imidazole rings is 1. The smallest absolute Gasteiger partial charge is 0.273 e.